The van der Waals surface area contributed by atoms with Crippen LogP contribution in [0.5, 0.6) is 0 Å². The standard InChI is InChI=1S/C19H28FN3O2/c20-15-4-2-5-17(12-15)23-9-7-16(8-10-23)22-19(25)21-13-14-3-1-6-18(24)11-14/h2,4-5,12,14,16,18,24H,1,3,6-11,13H2,(H2,21,22,25). The van der Waals surface area contributed by atoms with Crippen LogP contribution in [0.1, 0.15) is 38.5 Å². The number of carbonyl (C=O) groups is 1. The maximum absolute atomic E-state index is 13.3. The lowest BCUT2D eigenvalue weighted by molar-refractivity contribution is 0.101. The molecule has 138 valence electrons. The maximum atomic E-state index is 13.3. The molecule has 1 saturated carbocycles. The number of hydrogen-bond donors (Lipinski definition) is 3. The van der Waals surface area contributed by atoms with E-state index in [1.807, 2.05) is 6.07 Å². The molecule has 0 aromatic heterocycles. The Bertz CT molecular complexity index is 576. The van der Waals surface area contributed by atoms with Gasteiger partial charge >= 0.3 is 6.03 Å². The molecule has 3 N–H and O–H groups in total. The average Bonchev–Trinajstić information content (AvgIpc) is 2.61. The van der Waals surface area contributed by atoms with E-state index in [-0.39, 0.29) is 24.0 Å². The molecule has 1 aliphatic heterocycles. The number of nitrogens with zero attached hydrogens (tertiary/aromatic N) is 1. The van der Waals surface area contributed by atoms with Crippen molar-refractivity contribution in [2.75, 3.05) is 24.5 Å². The van der Waals surface area contributed by atoms with Crippen LogP contribution in [-0.4, -0.2) is 42.9 Å². The predicted molar refractivity (Wildman–Crippen MR) is 96.1 cm³/mol. The van der Waals surface area contributed by atoms with Gasteiger partial charge in [-0.1, -0.05) is 12.5 Å². The predicted octanol–water partition coefficient (Wildman–Crippen LogP) is 2.64. The molecule has 2 aliphatic rings. The van der Waals surface area contributed by atoms with Crippen molar-refractivity contribution in [2.24, 2.45) is 5.92 Å². The minimum absolute atomic E-state index is 0.121. The summed E-state index contributed by atoms with van der Waals surface area (Å²) in [6.45, 7) is 2.25. The van der Waals surface area contributed by atoms with Gasteiger partial charge < -0.3 is 20.6 Å². The van der Waals surface area contributed by atoms with E-state index in [0.29, 0.717) is 12.5 Å². The smallest absolute Gasteiger partial charge is 0.315 e. The van der Waals surface area contributed by atoms with E-state index in [1.54, 1.807) is 12.1 Å². The summed E-state index contributed by atoms with van der Waals surface area (Å²) in [6, 6.07) is 6.69. The zero-order valence-electron chi connectivity index (χ0n) is 14.6. The minimum atomic E-state index is -0.218. The van der Waals surface area contributed by atoms with Crippen LogP contribution in [-0.2, 0) is 0 Å². The molecule has 3 rings (SSSR count). The molecule has 2 atom stereocenters. The van der Waals surface area contributed by atoms with Gasteiger partial charge in [0.2, 0.25) is 0 Å². The van der Waals surface area contributed by atoms with Crippen molar-refractivity contribution in [3.63, 3.8) is 0 Å². The number of halogens is 1. The molecule has 1 saturated heterocycles. The third kappa shape index (κ3) is 5.33. The quantitative estimate of drug-likeness (QED) is 0.783. The van der Waals surface area contributed by atoms with Gasteiger partial charge in [0.1, 0.15) is 5.82 Å². The molecular weight excluding hydrogens is 321 g/mol. The number of aliphatic hydroxyl groups excluding tert-OH is 1. The second-order valence-corrected chi connectivity index (χ2v) is 7.28. The van der Waals surface area contributed by atoms with E-state index in [0.717, 1.165) is 57.3 Å². The third-order valence-corrected chi connectivity index (χ3v) is 5.31. The number of nitrogens with one attached hydrogen (secondary N) is 2. The van der Waals surface area contributed by atoms with Gasteiger partial charge in [-0.15, -0.1) is 0 Å². The summed E-state index contributed by atoms with van der Waals surface area (Å²) in [5.41, 5.74) is 0.902. The van der Waals surface area contributed by atoms with Crippen LogP contribution in [0.25, 0.3) is 0 Å². The largest absolute Gasteiger partial charge is 0.393 e. The number of amides is 2. The Kier molecular flexibility index (Phi) is 6.13. The Hall–Kier alpha value is -1.82. The molecule has 2 amide bonds. The van der Waals surface area contributed by atoms with E-state index in [9.17, 15) is 14.3 Å². The van der Waals surface area contributed by atoms with Gasteiger partial charge in [-0.2, -0.15) is 0 Å². The summed E-state index contributed by atoms with van der Waals surface area (Å²) < 4.78 is 13.3. The highest BCUT2D eigenvalue weighted by molar-refractivity contribution is 5.74. The number of hydrogen-bond acceptors (Lipinski definition) is 3. The van der Waals surface area contributed by atoms with Crippen LogP contribution in [0.3, 0.4) is 0 Å². The van der Waals surface area contributed by atoms with Crippen molar-refractivity contribution in [1.29, 1.82) is 0 Å². The first-order valence-electron chi connectivity index (χ1n) is 9.33. The van der Waals surface area contributed by atoms with Gasteiger partial charge in [0.15, 0.2) is 0 Å². The molecule has 2 unspecified atom stereocenters. The zero-order valence-corrected chi connectivity index (χ0v) is 14.6. The van der Waals surface area contributed by atoms with E-state index in [1.165, 1.54) is 6.07 Å². The van der Waals surface area contributed by atoms with Crippen molar-refractivity contribution in [1.82, 2.24) is 10.6 Å². The summed E-state index contributed by atoms with van der Waals surface area (Å²) in [4.78, 5) is 14.2. The van der Waals surface area contributed by atoms with E-state index >= 15 is 0 Å². The van der Waals surface area contributed by atoms with E-state index in [4.69, 9.17) is 0 Å². The SMILES string of the molecule is O=C(NCC1CCCC(O)C1)NC1CCN(c2cccc(F)c2)CC1. The zero-order chi connectivity index (χ0) is 17.6. The molecule has 25 heavy (non-hydrogen) atoms. The number of piperidine rings is 1. The van der Waals surface area contributed by atoms with Crippen molar-refractivity contribution in [2.45, 2.75) is 50.7 Å². The molecule has 1 aromatic rings. The van der Waals surface area contributed by atoms with E-state index < -0.39 is 0 Å². The van der Waals surface area contributed by atoms with Crippen LogP contribution in [0.15, 0.2) is 24.3 Å². The van der Waals surface area contributed by atoms with Gasteiger partial charge in [-0.25, -0.2) is 9.18 Å². The van der Waals surface area contributed by atoms with Crippen molar-refractivity contribution in [3.05, 3.63) is 30.1 Å². The van der Waals surface area contributed by atoms with E-state index in [2.05, 4.69) is 15.5 Å². The van der Waals surface area contributed by atoms with Gasteiger partial charge in [0.25, 0.3) is 0 Å². The second-order valence-electron chi connectivity index (χ2n) is 7.28. The molecule has 0 spiro atoms. The Labute approximate surface area is 148 Å². The lowest BCUT2D eigenvalue weighted by Crippen LogP contribution is -2.49. The molecule has 1 aliphatic carbocycles. The number of benzene rings is 1. The minimum Gasteiger partial charge on any atom is -0.393 e. The lowest BCUT2D eigenvalue weighted by Gasteiger charge is -2.34. The molecule has 1 aromatic carbocycles. The second kappa shape index (κ2) is 8.52. The third-order valence-electron chi connectivity index (χ3n) is 5.31. The van der Waals surface area contributed by atoms with Crippen molar-refractivity contribution >= 4 is 11.7 Å². The number of carbonyl (C=O) groups excluding carboxylic acids is 1. The first-order chi connectivity index (χ1) is 12.1. The van der Waals surface area contributed by atoms with Crippen LogP contribution < -0.4 is 15.5 Å². The van der Waals surface area contributed by atoms with Crippen molar-refractivity contribution < 1.29 is 14.3 Å². The molecule has 1 heterocycles. The van der Waals surface area contributed by atoms with Crippen molar-refractivity contribution in [3.8, 4) is 0 Å². The monoisotopic (exact) mass is 349 g/mol. The summed E-state index contributed by atoms with van der Waals surface area (Å²) in [5, 5.41) is 15.7. The number of rotatable bonds is 4. The highest BCUT2D eigenvalue weighted by Crippen LogP contribution is 2.23. The molecular formula is C19H28FN3O2. The summed E-state index contributed by atoms with van der Waals surface area (Å²) >= 11 is 0. The highest BCUT2D eigenvalue weighted by atomic mass is 19.1. The van der Waals surface area contributed by atoms with Crippen LogP contribution >= 0.6 is 0 Å². The molecule has 0 bridgehead atoms. The first-order valence-corrected chi connectivity index (χ1v) is 9.33. The maximum Gasteiger partial charge on any atom is 0.315 e. The Morgan fingerprint density at radius 3 is 2.76 bits per heavy atom. The van der Waals surface area contributed by atoms with Gasteiger partial charge in [0.05, 0.1) is 6.10 Å². The molecule has 0 radical (unpaired) electrons. The normalized spacial score (nSPS) is 24.8. The van der Waals surface area contributed by atoms with Gasteiger partial charge in [-0.05, 0) is 56.2 Å². The van der Waals surface area contributed by atoms with Gasteiger partial charge in [-0.3, -0.25) is 0 Å². The Morgan fingerprint density at radius 2 is 2.04 bits per heavy atom. The lowest BCUT2D eigenvalue weighted by atomic mass is 9.87. The molecule has 6 heteroatoms. The summed E-state index contributed by atoms with van der Waals surface area (Å²) in [5.74, 6) is 0.161. The summed E-state index contributed by atoms with van der Waals surface area (Å²) in [6.07, 6.45) is 5.27. The fourth-order valence-electron chi connectivity index (χ4n) is 3.88. The topological polar surface area (TPSA) is 64.6 Å². The van der Waals surface area contributed by atoms with Crippen LogP contribution in [0.4, 0.5) is 14.9 Å². The fraction of sp³-hybridized carbons (Fsp3) is 0.632. The number of aliphatic hydroxyl groups is 1. The summed E-state index contributed by atoms with van der Waals surface area (Å²) in [7, 11) is 0. The Morgan fingerprint density at radius 1 is 1.24 bits per heavy atom. The van der Waals surface area contributed by atoms with Gasteiger partial charge in [0, 0.05) is 31.4 Å². The fourth-order valence-corrected chi connectivity index (χ4v) is 3.88. The number of urea groups is 1. The molecule has 5 nitrogen and oxygen atoms in total. The first kappa shape index (κ1) is 18.0. The highest BCUT2D eigenvalue weighted by Gasteiger charge is 2.23. The van der Waals surface area contributed by atoms with Crippen LogP contribution in [0, 0.1) is 11.7 Å². The number of anilines is 1. The average molecular weight is 349 g/mol. The Balaban J connectivity index is 1.37. The van der Waals surface area contributed by atoms with Crippen LogP contribution in [0.2, 0.25) is 0 Å². The molecule has 2 fully saturated rings.